The van der Waals surface area contributed by atoms with Crippen molar-refractivity contribution >= 4 is 50.4 Å². The van der Waals surface area contributed by atoms with Gasteiger partial charge in [0.25, 0.3) is 5.91 Å². The minimum absolute atomic E-state index is 0.165. The third kappa shape index (κ3) is 6.40. The number of benzene rings is 2. The molecule has 4 heterocycles. The lowest BCUT2D eigenvalue weighted by Gasteiger charge is -2.33. The SMILES string of the molecule is C[C@@H]1COc2c(sc3ccc4nc(-c5ccc(C6CCN(C(=O)OC(C)(C)C)CC6)cc5)ccc4c23)C(=O)N1C(=O)OC(C)(C)C. The molecule has 2 aliphatic rings. The van der Waals surface area contributed by atoms with Crippen LogP contribution in [0, 0.1) is 0 Å². The highest BCUT2D eigenvalue weighted by atomic mass is 32.1. The molecule has 1 atom stereocenters. The summed E-state index contributed by atoms with van der Waals surface area (Å²) in [5.41, 5.74) is 2.68. The summed E-state index contributed by atoms with van der Waals surface area (Å²) >= 11 is 1.32. The number of pyridine rings is 1. The number of hydrogen-bond acceptors (Lipinski definition) is 8. The van der Waals surface area contributed by atoms with Crippen molar-refractivity contribution in [2.45, 2.75) is 84.5 Å². The maximum atomic E-state index is 13.7. The summed E-state index contributed by atoms with van der Waals surface area (Å²) in [4.78, 5) is 47.5. The van der Waals surface area contributed by atoms with Crippen molar-refractivity contribution in [3.63, 3.8) is 0 Å². The molecule has 2 aromatic heterocycles. The van der Waals surface area contributed by atoms with Crippen LogP contribution in [0.5, 0.6) is 5.75 Å². The van der Waals surface area contributed by atoms with Crippen molar-refractivity contribution < 1.29 is 28.6 Å². The molecular weight excluding hydrogens is 602 g/mol. The number of ether oxygens (including phenoxy) is 3. The fraction of sp³-hybridized carbons (Fsp3) is 0.444. The number of likely N-dealkylation sites (tertiary alicyclic amines) is 1. The number of nitrogens with zero attached hydrogens (tertiary/aromatic N) is 3. The highest BCUT2D eigenvalue weighted by Crippen LogP contribution is 2.44. The maximum Gasteiger partial charge on any atom is 0.417 e. The summed E-state index contributed by atoms with van der Waals surface area (Å²) in [5.74, 6) is 0.463. The van der Waals surface area contributed by atoms with Gasteiger partial charge in [0.1, 0.15) is 22.7 Å². The van der Waals surface area contributed by atoms with Gasteiger partial charge in [-0.3, -0.25) is 4.79 Å². The topological polar surface area (TPSA) is 98.3 Å². The van der Waals surface area contributed by atoms with E-state index in [-0.39, 0.29) is 12.7 Å². The van der Waals surface area contributed by atoms with Gasteiger partial charge in [-0.2, -0.15) is 0 Å². The van der Waals surface area contributed by atoms with Crippen molar-refractivity contribution in [3.8, 4) is 17.0 Å². The molecule has 6 rings (SSSR count). The predicted octanol–water partition coefficient (Wildman–Crippen LogP) is 8.39. The van der Waals surface area contributed by atoms with E-state index in [1.807, 2.05) is 45.0 Å². The highest BCUT2D eigenvalue weighted by molar-refractivity contribution is 7.21. The molecule has 10 heteroatoms. The summed E-state index contributed by atoms with van der Waals surface area (Å²) < 4.78 is 18.2. The monoisotopic (exact) mass is 643 g/mol. The molecule has 4 aromatic rings. The minimum Gasteiger partial charge on any atom is -0.489 e. The van der Waals surface area contributed by atoms with Crippen LogP contribution < -0.4 is 4.74 Å². The van der Waals surface area contributed by atoms with E-state index < -0.39 is 29.2 Å². The second kappa shape index (κ2) is 11.9. The Hall–Kier alpha value is -4.18. The van der Waals surface area contributed by atoms with E-state index in [1.54, 1.807) is 32.6 Å². The van der Waals surface area contributed by atoms with Gasteiger partial charge in [-0.1, -0.05) is 24.3 Å². The summed E-state index contributed by atoms with van der Waals surface area (Å²) in [6.07, 6.45) is 0.876. The van der Waals surface area contributed by atoms with Crippen molar-refractivity contribution in [1.82, 2.24) is 14.8 Å². The van der Waals surface area contributed by atoms with Gasteiger partial charge in [-0.25, -0.2) is 19.5 Å². The van der Waals surface area contributed by atoms with Crippen LogP contribution in [0.2, 0.25) is 0 Å². The molecule has 0 unspecified atom stereocenters. The molecule has 0 bridgehead atoms. The fourth-order valence-corrected chi connectivity index (χ4v) is 7.12. The number of hydrogen-bond donors (Lipinski definition) is 0. The van der Waals surface area contributed by atoms with Gasteiger partial charge in [0.2, 0.25) is 0 Å². The second-order valence-electron chi connectivity index (χ2n) is 14.1. The van der Waals surface area contributed by atoms with Crippen LogP contribution in [-0.2, 0) is 9.47 Å². The van der Waals surface area contributed by atoms with Gasteiger partial charge in [-0.15, -0.1) is 11.3 Å². The van der Waals surface area contributed by atoms with Gasteiger partial charge in [0, 0.05) is 34.1 Å². The van der Waals surface area contributed by atoms with Crippen LogP contribution in [0.15, 0.2) is 48.5 Å². The lowest BCUT2D eigenvalue weighted by atomic mass is 9.89. The number of imide groups is 1. The third-order valence-electron chi connectivity index (χ3n) is 8.22. The largest absolute Gasteiger partial charge is 0.489 e. The van der Waals surface area contributed by atoms with E-state index in [2.05, 4.69) is 24.3 Å². The van der Waals surface area contributed by atoms with Crippen molar-refractivity contribution in [1.29, 1.82) is 0 Å². The summed E-state index contributed by atoms with van der Waals surface area (Å²) in [6.45, 7) is 14.3. The lowest BCUT2D eigenvalue weighted by Crippen LogP contribution is -2.46. The Balaban J connectivity index is 1.22. The second-order valence-corrected chi connectivity index (χ2v) is 15.2. The lowest BCUT2D eigenvalue weighted by molar-refractivity contribution is 0.0156. The molecule has 1 saturated heterocycles. The van der Waals surface area contributed by atoms with E-state index in [4.69, 9.17) is 19.2 Å². The summed E-state index contributed by atoms with van der Waals surface area (Å²) in [6, 6.07) is 16.0. The minimum atomic E-state index is -0.728. The molecule has 0 radical (unpaired) electrons. The molecule has 0 N–H and O–H groups in total. The number of amides is 3. The van der Waals surface area contributed by atoms with Crippen LogP contribution >= 0.6 is 11.3 Å². The molecule has 1 fully saturated rings. The number of aromatic nitrogens is 1. The number of carbonyl (C=O) groups excluding carboxylic acids is 3. The first-order valence-corrected chi connectivity index (χ1v) is 16.6. The van der Waals surface area contributed by atoms with Crippen LogP contribution in [0.3, 0.4) is 0 Å². The predicted molar refractivity (Wildman–Crippen MR) is 180 cm³/mol. The summed E-state index contributed by atoms with van der Waals surface area (Å²) in [5, 5.41) is 1.72. The van der Waals surface area contributed by atoms with E-state index in [0.717, 1.165) is 45.1 Å². The van der Waals surface area contributed by atoms with Crippen molar-refractivity contribution in [2.75, 3.05) is 19.7 Å². The molecular formula is C36H41N3O6S. The van der Waals surface area contributed by atoms with Gasteiger partial charge in [-0.05, 0) is 97.1 Å². The zero-order valence-electron chi connectivity index (χ0n) is 27.5. The molecule has 0 saturated carbocycles. The Morgan fingerprint density at radius 1 is 0.891 bits per heavy atom. The third-order valence-corrected chi connectivity index (χ3v) is 9.34. The van der Waals surface area contributed by atoms with E-state index in [0.29, 0.717) is 29.6 Å². The number of thiophene rings is 1. The Bertz CT molecular complexity index is 1810. The zero-order chi connectivity index (χ0) is 33.0. The normalized spacial score (nSPS) is 17.9. The average molecular weight is 644 g/mol. The molecule has 2 aliphatic heterocycles. The quantitative estimate of drug-likeness (QED) is 0.216. The number of piperidine rings is 1. The Morgan fingerprint density at radius 2 is 1.54 bits per heavy atom. The van der Waals surface area contributed by atoms with E-state index in [1.165, 1.54) is 21.8 Å². The molecule has 3 amide bonds. The van der Waals surface area contributed by atoms with E-state index >= 15 is 0 Å². The Morgan fingerprint density at radius 3 is 2.20 bits per heavy atom. The van der Waals surface area contributed by atoms with Crippen LogP contribution in [-0.4, -0.2) is 69.8 Å². The van der Waals surface area contributed by atoms with Gasteiger partial charge < -0.3 is 19.1 Å². The van der Waals surface area contributed by atoms with Crippen LogP contribution in [0.1, 0.15) is 82.5 Å². The van der Waals surface area contributed by atoms with Crippen LogP contribution in [0.4, 0.5) is 9.59 Å². The highest BCUT2D eigenvalue weighted by Gasteiger charge is 2.38. The standard InChI is InChI=1S/C36H41N3O6S/c1-21-20-43-30-29-25-12-13-26(24-10-8-22(9-11-24)23-16-18-38(19-17-23)33(41)44-35(2,3)4)37-27(25)14-15-28(29)46-31(30)32(40)39(21)34(42)45-36(5,6)7/h8-15,21,23H,16-20H2,1-7H3/t21-/m1/s1. The van der Waals surface area contributed by atoms with Gasteiger partial charge >= 0.3 is 12.2 Å². The average Bonchev–Trinajstić information content (AvgIpc) is 3.32. The first-order chi connectivity index (χ1) is 21.7. The fourth-order valence-electron chi connectivity index (χ4n) is 6.02. The van der Waals surface area contributed by atoms with Crippen LogP contribution in [0.25, 0.3) is 32.2 Å². The Kier molecular flexibility index (Phi) is 8.21. The molecule has 2 aromatic carbocycles. The molecule has 0 spiro atoms. The number of carbonyl (C=O) groups is 3. The zero-order valence-corrected chi connectivity index (χ0v) is 28.3. The summed E-state index contributed by atoms with van der Waals surface area (Å²) in [7, 11) is 0. The Labute approximate surface area is 273 Å². The van der Waals surface area contributed by atoms with Gasteiger partial charge in [0.15, 0.2) is 5.75 Å². The first-order valence-electron chi connectivity index (χ1n) is 15.8. The smallest absolute Gasteiger partial charge is 0.417 e. The van der Waals surface area contributed by atoms with Crippen molar-refractivity contribution in [3.05, 3.63) is 59.0 Å². The first kappa shape index (κ1) is 31.8. The molecule has 0 aliphatic carbocycles. The molecule has 242 valence electrons. The van der Waals surface area contributed by atoms with Gasteiger partial charge in [0.05, 0.1) is 17.3 Å². The number of fused-ring (bicyclic) bond motifs is 5. The van der Waals surface area contributed by atoms with E-state index in [9.17, 15) is 14.4 Å². The van der Waals surface area contributed by atoms with Crippen molar-refractivity contribution in [2.24, 2.45) is 0 Å². The number of rotatable bonds is 2. The molecule has 9 nitrogen and oxygen atoms in total. The maximum absolute atomic E-state index is 13.7. The molecule has 46 heavy (non-hydrogen) atoms.